The van der Waals surface area contributed by atoms with Gasteiger partial charge in [-0.05, 0) is 25.0 Å². The molecule has 0 aromatic carbocycles. The Morgan fingerprint density at radius 2 is 1.95 bits per heavy atom. The van der Waals surface area contributed by atoms with Crippen LogP contribution in [0.5, 0.6) is 0 Å². The van der Waals surface area contributed by atoms with Crippen LogP contribution in [0.3, 0.4) is 0 Å². The molecule has 0 aliphatic rings. The highest BCUT2D eigenvalue weighted by Gasteiger charge is 2.24. The first-order chi connectivity index (χ1) is 9.40. The van der Waals surface area contributed by atoms with E-state index in [2.05, 4.69) is 41.4 Å². The first kappa shape index (κ1) is 17.0. The van der Waals surface area contributed by atoms with Crippen molar-refractivity contribution in [3.63, 3.8) is 0 Å². The standard InChI is InChI=1S/C14H26N4OS/c1-6-15-11-9-12(18-13(17-11)20-5)16-10(7-8-19)14(2,3)4/h9-10,19H,6-8H2,1-5H3,(H2,15,16,17,18). The molecule has 0 spiro atoms. The number of rotatable bonds is 7. The van der Waals surface area contributed by atoms with Crippen molar-refractivity contribution in [1.82, 2.24) is 9.97 Å². The van der Waals surface area contributed by atoms with Gasteiger partial charge in [-0.3, -0.25) is 0 Å². The van der Waals surface area contributed by atoms with Crippen LogP contribution in [0.2, 0.25) is 0 Å². The van der Waals surface area contributed by atoms with E-state index in [0.717, 1.165) is 23.3 Å². The molecule has 20 heavy (non-hydrogen) atoms. The SMILES string of the molecule is CCNc1cc(NC(CCO)C(C)(C)C)nc(SC)n1. The molecule has 1 rings (SSSR count). The van der Waals surface area contributed by atoms with Gasteiger partial charge in [0.2, 0.25) is 0 Å². The Hall–Kier alpha value is -1.01. The molecule has 1 aromatic rings. The van der Waals surface area contributed by atoms with Crippen LogP contribution in [-0.2, 0) is 0 Å². The second kappa shape index (κ2) is 7.69. The van der Waals surface area contributed by atoms with Crippen LogP contribution < -0.4 is 10.6 Å². The molecule has 0 bridgehead atoms. The van der Waals surface area contributed by atoms with E-state index in [1.165, 1.54) is 11.8 Å². The highest BCUT2D eigenvalue weighted by molar-refractivity contribution is 7.98. The van der Waals surface area contributed by atoms with Crippen LogP contribution >= 0.6 is 11.8 Å². The monoisotopic (exact) mass is 298 g/mol. The molecule has 0 radical (unpaired) electrons. The van der Waals surface area contributed by atoms with E-state index in [9.17, 15) is 5.11 Å². The second-order valence-corrected chi connectivity index (χ2v) is 6.50. The van der Waals surface area contributed by atoms with Gasteiger partial charge in [0.15, 0.2) is 5.16 Å². The summed E-state index contributed by atoms with van der Waals surface area (Å²) in [6.45, 7) is 9.49. The third-order valence-corrected chi connectivity index (χ3v) is 3.58. The molecule has 1 atom stereocenters. The fourth-order valence-electron chi connectivity index (χ4n) is 1.89. The number of hydrogen-bond donors (Lipinski definition) is 3. The van der Waals surface area contributed by atoms with Crippen LogP contribution in [0.4, 0.5) is 11.6 Å². The highest BCUT2D eigenvalue weighted by Crippen LogP contribution is 2.26. The predicted octanol–water partition coefficient (Wildman–Crippen LogP) is 2.84. The summed E-state index contributed by atoms with van der Waals surface area (Å²) in [6.07, 6.45) is 2.66. The van der Waals surface area contributed by atoms with Crippen molar-refractivity contribution in [1.29, 1.82) is 0 Å². The molecule has 1 aromatic heterocycles. The lowest BCUT2D eigenvalue weighted by Gasteiger charge is -2.31. The predicted molar refractivity (Wildman–Crippen MR) is 86.5 cm³/mol. The van der Waals surface area contributed by atoms with Crippen LogP contribution in [0.15, 0.2) is 11.2 Å². The lowest BCUT2D eigenvalue weighted by atomic mass is 9.85. The van der Waals surface area contributed by atoms with E-state index in [1.807, 2.05) is 19.2 Å². The van der Waals surface area contributed by atoms with Gasteiger partial charge in [0, 0.05) is 25.3 Å². The van der Waals surface area contributed by atoms with E-state index in [4.69, 9.17) is 0 Å². The molecule has 0 aliphatic carbocycles. The van der Waals surface area contributed by atoms with Gasteiger partial charge in [-0.15, -0.1) is 0 Å². The lowest BCUT2D eigenvalue weighted by molar-refractivity contribution is 0.235. The van der Waals surface area contributed by atoms with Crippen molar-refractivity contribution in [2.75, 3.05) is 30.0 Å². The fourth-order valence-corrected chi connectivity index (χ4v) is 2.27. The largest absolute Gasteiger partial charge is 0.396 e. The summed E-state index contributed by atoms with van der Waals surface area (Å²) >= 11 is 1.52. The summed E-state index contributed by atoms with van der Waals surface area (Å²) in [5.74, 6) is 1.62. The number of aromatic nitrogens is 2. The Labute approximate surface area is 126 Å². The van der Waals surface area contributed by atoms with Crippen molar-refractivity contribution in [3.8, 4) is 0 Å². The number of aliphatic hydroxyl groups excluding tert-OH is 1. The van der Waals surface area contributed by atoms with Crippen LogP contribution in [0.1, 0.15) is 34.1 Å². The first-order valence-electron chi connectivity index (χ1n) is 6.95. The number of hydrogen-bond acceptors (Lipinski definition) is 6. The Bertz CT molecular complexity index is 420. The second-order valence-electron chi connectivity index (χ2n) is 5.73. The van der Waals surface area contributed by atoms with E-state index in [1.54, 1.807) is 0 Å². The summed E-state index contributed by atoms with van der Waals surface area (Å²) in [4.78, 5) is 8.90. The fraction of sp³-hybridized carbons (Fsp3) is 0.714. The topological polar surface area (TPSA) is 70.1 Å². The van der Waals surface area contributed by atoms with Gasteiger partial charge in [-0.25, -0.2) is 9.97 Å². The zero-order valence-electron chi connectivity index (χ0n) is 13.0. The van der Waals surface area contributed by atoms with Gasteiger partial charge in [-0.1, -0.05) is 32.5 Å². The molecule has 0 saturated carbocycles. The normalized spacial score (nSPS) is 13.1. The molecule has 6 heteroatoms. The Balaban J connectivity index is 2.96. The zero-order chi connectivity index (χ0) is 15.2. The van der Waals surface area contributed by atoms with Crippen molar-refractivity contribution < 1.29 is 5.11 Å². The first-order valence-corrected chi connectivity index (χ1v) is 8.17. The molecule has 114 valence electrons. The van der Waals surface area contributed by atoms with E-state index >= 15 is 0 Å². The third kappa shape index (κ3) is 5.17. The van der Waals surface area contributed by atoms with Gasteiger partial charge < -0.3 is 15.7 Å². The maximum absolute atomic E-state index is 9.23. The number of nitrogens with zero attached hydrogens (tertiary/aromatic N) is 2. The molecular weight excluding hydrogens is 272 g/mol. The maximum atomic E-state index is 9.23. The third-order valence-electron chi connectivity index (χ3n) is 3.03. The molecule has 0 saturated heterocycles. The quantitative estimate of drug-likeness (QED) is 0.531. The summed E-state index contributed by atoms with van der Waals surface area (Å²) in [6, 6.07) is 2.07. The summed E-state index contributed by atoms with van der Waals surface area (Å²) in [5.41, 5.74) is 0.0472. The molecular formula is C14H26N4OS. The van der Waals surface area contributed by atoms with Crippen molar-refractivity contribution in [3.05, 3.63) is 6.07 Å². The molecule has 3 N–H and O–H groups in total. The van der Waals surface area contributed by atoms with Crippen LogP contribution in [-0.4, -0.2) is 40.5 Å². The maximum Gasteiger partial charge on any atom is 0.191 e. The molecule has 5 nitrogen and oxygen atoms in total. The average molecular weight is 298 g/mol. The van der Waals surface area contributed by atoms with E-state index in [0.29, 0.717) is 6.42 Å². The minimum atomic E-state index is 0.0472. The molecule has 1 heterocycles. The number of aliphatic hydroxyl groups is 1. The number of thioether (sulfide) groups is 1. The number of nitrogens with one attached hydrogen (secondary N) is 2. The Kier molecular flexibility index (Phi) is 6.55. The molecule has 0 fully saturated rings. The van der Waals surface area contributed by atoms with E-state index < -0.39 is 0 Å². The summed E-state index contributed by atoms with van der Waals surface area (Å²) in [7, 11) is 0. The minimum Gasteiger partial charge on any atom is -0.396 e. The van der Waals surface area contributed by atoms with Gasteiger partial charge >= 0.3 is 0 Å². The Morgan fingerprint density at radius 1 is 1.30 bits per heavy atom. The minimum absolute atomic E-state index is 0.0472. The van der Waals surface area contributed by atoms with E-state index in [-0.39, 0.29) is 18.1 Å². The van der Waals surface area contributed by atoms with Crippen molar-refractivity contribution in [2.45, 2.75) is 45.3 Å². The summed E-state index contributed by atoms with van der Waals surface area (Å²) in [5, 5.41) is 16.6. The summed E-state index contributed by atoms with van der Waals surface area (Å²) < 4.78 is 0. The zero-order valence-corrected chi connectivity index (χ0v) is 13.8. The van der Waals surface area contributed by atoms with Crippen LogP contribution in [0, 0.1) is 5.41 Å². The van der Waals surface area contributed by atoms with Crippen molar-refractivity contribution in [2.24, 2.45) is 5.41 Å². The number of anilines is 2. The Morgan fingerprint density at radius 3 is 2.45 bits per heavy atom. The van der Waals surface area contributed by atoms with Gasteiger partial charge in [0.05, 0.1) is 0 Å². The average Bonchev–Trinajstić information content (AvgIpc) is 2.37. The van der Waals surface area contributed by atoms with Crippen molar-refractivity contribution >= 4 is 23.4 Å². The highest BCUT2D eigenvalue weighted by atomic mass is 32.2. The van der Waals surface area contributed by atoms with Crippen LogP contribution in [0.25, 0.3) is 0 Å². The van der Waals surface area contributed by atoms with Gasteiger partial charge in [0.25, 0.3) is 0 Å². The molecule has 0 amide bonds. The smallest absolute Gasteiger partial charge is 0.191 e. The molecule has 0 aliphatic heterocycles. The van der Waals surface area contributed by atoms with Gasteiger partial charge in [0.1, 0.15) is 11.6 Å². The molecule has 1 unspecified atom stereocenters. The van der Waals surface area contributed by atoms with Gasteiger partial charge in [-0.2, -0.15) is 0 Å². The lowest BCUT2D eigenvalue weighted by Crippen LogP contribution is -2.35.